The van der Waals surface area contributed by atoms with Gasteiger partial charge in [-0.3, -0.25) is 9.98 Å². The Morgan fingerprint density at radius 3 is 3.20 bits per heavy atom. The Hall–Kier alpha value is -0.660. The van der Waals surface area contributed by atoms with Crippen molar-refractivity contribution in [3.05, 3.63) is 0 Å². The minimum Gasteiger partial charge on any atom is -0.297 e. The Morgan fingerprint density at radius 1 is 1.30 bits per heavy atom. The minimum atomic E-state index is 0.575. The van der Waals surface area contributed by atoms with E-state index >= 15 is 0 Å². The third-order valence-corrected chi connectivity index (χ3v) is 2.27. The van der Waals surface area contributed by atoms with Crippen LogP contribution in [0, 0.1) is 5.92 Å². The van der Waals surface area contributed by atoms with Gasteiger partial charge in [0.2, 0.25) is 0 Å². The number of rotatable bonds is 0. The van der Waals surface area contributed by atoms with Crippen LogP contribution in [-0.4, -0.2) is 25.0 Å². The van der Waals surface area contributed by atoms with Gasteiger partial charge in [0.1, 0.15) is 0 Å². The summed E-state index contributed by atoms with van der Waals surface area (Å²) in [5.41, 5.74) is 0. The topological polar surface area (TPSA) is 24.7 Å². The molecule has 0 aliphatic carbocycles. The van der Waals surface area contributed by atoms with Crippen LogP contribution in [0.4, 0.5) is 0 Å². The van der Waals surface area contributed by atoms with Gasteiger partial charge >= 0.3 is 0 Å². The lowest BCUT2D eigenvalue weighted by molar-refractivity contribution is 0.458. The first kappa shape index (κ1) is 6.08. The zero-order valence-corrected chi connectivity index (χ0v) is 6.03. The van der Waals surface area contributed by atoms with E-state index in [4.69, 9.17) is 0 Å². The van der Waals surface area contributed by atoms with Crippen molar-refractivity contribution >= 4 is 12.4 Å². The van der Waals surface area contributed by atoms with Gasteiger partial charge in [0.05, 0.1) is 6.04 Å². The third-order valence-electron chi connectivity index (χ3n) is 2.27. The Bertz CT molecular complexity index is 152. The zero-order chi connectivity index (χ0) is 6.81. The Balaban J connectivity index is 2.14. The lowest BCUT2D eigenvalue weighted by atomic mass is 9.90. The fourth-order valence-corrected chi connectivity index (χ4v) is 1.66. The van der Waals surface area contributed by atoms with Crippen molar-refractivity contribution in [1.29, 1.82) is 0 Å². The normalized spacial score (nSPS) is 37.6. The van der Waals surface area contributed by atoms with Gasteiger partial charge in [-0.05, 0) is 25.5 Å². The molecule has 0 spiro atoms. The maximum atomic E-state index is 4.44. The van der Waals surface area contributed by atoms with Crippen LogP contribution in [0.15, 0.2) is 9.98 Å². The van der Waals surface area contributed by atoms with Crippen molar-refractivity contribution in [2.45, 2.75) is 25.3 Å². The van der Waals surface area contributed by atoms with Crippen molar-refractivity contribution in [2.24, 2.45) is 15.9 Å². The van der Waals surface area contributed by atoms with Crippen molar-refractivity contribution < 1.29 is 0 Å². The van der Waals surface area contributed by atoms with Gasteiger partial charge in [-0.15, -0.1) is 0 Å². The maximum absolute atomic E-state index is 4.44. The minimum absolute atomic E-state index is 0.575. The summed E-state index contributed by atoms with van der Waals surface area (Å²) in [5.74, 6) is 0.666. The van der Waals surface area contributed by atoms with Gasteiger partial charge in [-0.25, -0.2) is 0 Å². The van der Waals surface area contributed by atoms with E-state index < -0.39 is 0 Å². The van der Waals surface area contributed by atoms with Gasteiger partial charge in [0, 0.05) is 18.7 Å². The predicted octanol–water partition coefficient (Wildman–Crippen LogP) is 1.31. The summed E-state index contributed by atoms with van der Waals surface area (Å²) < 4.78 is 0. The molecule has 2 heteroatoms. The predicted molar refractivity (Wildman–Crippen MR) is 43.0 cm³/mol. The summed E-state index contributed by atoms with van der Waals surface area (Å²) in [6.07, 6.45) is 7.74. The molecule has 0 N–H and O–H groups in total. The van der Waals surface area contributed by atoms with Crippen LogP contribution >= 0.6 is 0 Å². The summed E-state index contributed by atoms with van der Waals surface area (Å²) in [7, 11) is 0. The second kappa shape index (κ2) is 2.52. The molecule has 2 heterocycles. The van der Waals surface area contributed by atoms with E-state index in [1.807, 2.05) is 0 Å². The molecule has 0 radical (unpaired) electrons. The molecule has 2 aliphatic rings. The lowest BCUT2D eigenvalue weighted by Gasteiger charge is -2.25. The van der Waals surface area contributed by atoms with Gasteiger partial charge in [-0.1, -0.05) is 0 Å². The number of nitrogens with zero attached hydrogens (tertiary/aromatic N) is 2. The monoisotopic (exact) mass is 136 g/mol. The molecule has 0 amide bonds. The molecule has 0 aromatic rings. The average molecular weight is 136 g/mol. The summed E-state index contributed by atoms with van der Waals surface area (Å²) in [4.78, 5) is 8.70. The molecule has 2 nitrogen and oxygen atoms in total. The molecule has 0 bridgehead atoms. The first-order valence-corrected chi connectivity index (χ1v) is 3.98. The quantitative estimate of drug-likeness (QED) is 0.479. The van der Waals surface area contributed by atoms with E-state index in [9.17, 15) is 0 Å². The Labute approximate surface area is 61.1 Å². The molecule has 54 valence electrons. The van der Waals surface area contributed by atoms with Gasteiger partial charge < -0.3 is 0 Å². The SMILES string of the molecule is C1=NCCC2N=CCCC12. The summed E-state index contributed by atoms with van der Waals surface area (Å²) in [6, 6.07) is 0.575. The number of aliphatic imine (C=N–C) groups is 2. The van der Waals surface area contributed by atoms with Gasteiger partial charge in [0.25, 0.3) is 0 Å². The number of fused-ring (bicyclic) bond motifs is 1. The number of hydrogen-bond acceptors (Lipinski definition) is 2. The summed E-state index contributed by atoms with van der Waals surface area (Å²) in [5, 5.41) is 0. The second-order valence-corrected chi connectivity index (χ2v) is 2.98. The van der Waals surface area contributed by atoms with Gasteiger partial charge in [-0.2, -0.15) is 0 Å². The van der Waals surface area contributed by atoms with E-state index in [-0.39, 0.29) is 0 Å². The first-order valence-electron chi connectivity index (χ1n) is 3.98. The average Bonchev–Trinajstić information content (AvgIpc) is 2.05. The molecule has 2 aliphatic heterocycles. The summed E-state index contributed by atoms with van der Waals surface area (Å²) in [6.45, 7) is 0.985. The molecule has 2 rings (SSSR count). The van der Waals surface area contributed by atoms with E-state index in [0.29, 0.717) is 12.0 Å². The molecular weight excluding hydrogens is 124 g/mol. The molecule has 0 fully saturated rings. The van der Waals surface area contributed by atoms with Crippen molar-refractivity contribution in [2.75, 3.05) is 6.54 Å². The van der Waals surface area contributed by atoms with E-state index in [1.165, 1.54) is 6.42 Å². The van der Waals surface area contributed by atoms with Crippen LogP contribution in [0.5, 0.6) is 0 Å². The highest BCUT2D eigenvalue weighted by molar-refractivity contribution is 5.67. The van der Waals surface area contributed by atoms with E-state index in [1.54, 1.807) is 0 Å². The Morgan fingerprint density at radius 2 is 2.30 bits per heavy atom. The van der Waals surface area contributed by atoms with E-state index in [0.717, 1.165) is 19.4 Å². The van der Waals surface area contributed by atoms with Crippen LogP contribution in [0.3, 0.4) is 0 Å². The third kappa shape index (κ3) is 0.981. The second-order valence-electron chi connectivity index (χ2n) is 2.98. The molecule has 0 saturated heterocycles. The van der Waals surface area contributed by atoms with Crippen LogP contribution in [0.25, 0.3) is 0 Å². The fraction of sp³-hybridized carbons (Fsp3) is 0.750. The van der Waals surface area contributed by atoms with Crippen molar-refractivity contribution in [3.8, 4) is 0 Å². The van der Waals surface area contributed by atoms with Crippen molar-refractivity contribution in [3.63, 3.8) is 0 Å². The molecule has 2 atom stereocenters. The smallest absolute Gasteiger partial charge is 0.0590 e. The molecule has 2 unspecified atom stereocenters. The van der Waals surface area contributed by atoms with Crippen LogP contribution in [-0.2, 0) is 0 Å². The van der Waals surface area contributed by atoms with Crippen LogP contribution in [0.1, 0.15) is 19.3 Å². The Kier molecular flexibility index (Phi) is 1.53. The zero-order valence-electron chi connectivity index (χ0n) is 6.03. The number of hydrogen-bond donors (Lipinski definition) is 0. The standard InChI is InChI=1S/C8H12N2/c1-2-7-6-9-5-3-8(7)10-4-1/h4,6-8H,1-3,5H2. The fourth-order valence-electron chi connectivity index (χ4n) is 1.66. The maximum Gasteiger partial charge on any atom is 0.0590 e. The molecule has 0 aromatic heterocycles. The first-order chi connectivity index (χ1) is 4.97. The highest BCUT2D eigenvalue weighted by Crippen LogP contribution is 2.22. The van der Waals surface area contributed by atoms with Crippen LogP contribution < -0.4 is 0 Å². The van der Waals surface area contributed by atoms with Gasteiger partial charge in [0.15, 0.2) is 0 Å². The molecule has 0 saturated carbocycles. The highest BCUT2D eigenvalue weighted by atomic mass is 14.9. The molecular formula is C8H12N2. The molecule has 0 aromatic carbocycles. The highest BCUT2D eigenvalue weighted by Gasteiger charge is 2.22. The largest absolute Gasteiger partial charge is 0.297 e. The summed E-state index contributed by atoms with van der Waals surface area (Å²) >= 11 is 0. The lowest BCUT2D eigenvalue weighted by Crippen LogP contribution is -2.27. The molecule has 10 heavy (non-hydrogen) atoms. The van der Waals surface area contributed by atoms with E-state index in [2.05, 4.69) is 22.4 Å². The van der Waals surface area contributed by atoms with Crippen LogP contribution in [0.2, 0.25) is 0 Å². The van der Waals surface area contributed by atoms with Crippen molar-refractivity contribution in [1.82, 2.24) is 0 Å².